The third kappa shape index (κ3) is 4.63. The van der Waals surface area contributed by atoms with Crippen LogP contribution < -0.4 is 0 Å². The van der Waals surface area contributed by atoms with Crippen LogP contribution in [-0.2, 0) is 0 Å². The van der Waals surface area contributed by atoms with Gasteiger partial charge in [-0.25, -0.2) is 0 Å². The van der Waals surface area contributed by atoms with Gasteiger partial charge < -0.3 is 0 Å². The first kappa shape index (κ1) is 25.8. The van der Waals surface area contributed by atoms with Crippen molar-refractivity contribution in [3.05, 3.63) is 170 Å². The normalized spacial score (nSPS) is 11.2. The molecule has 0 radical (unpaired) electrons. The van der Waals surface area contributed by atoms with E-state index in [4.69, 9.17) is 0 Å². The molecule has 0 atom stereocenters. The van der Waals surface area contributed by atoms with E-state index in [-0.39, 0.29) is 0 Å². The Kier molecular flexibility index (Phi) is 6.51. The van der Waals surface area contributed by atoms with E-state index in [2.05, 4.69) is 143 Å². The standard InChI is InChI=1S/C42H28N2/c1-3-11-39-37(9-1)35(31-17-13-29(14-18-31)33-7-5-25-43-27-33)21-23-41(39)42-24-22-36(38-10-2-4-12-40(38)42)32-19-15-30(16-20-32)34-8-6-26-44-28-34/h1-28H. The summed E-state index contributed by atoms with van der Waals surface area (Å²) in [6.07, 6.45) is 7.44. The van der Waals surface area contributed by atoms with Crippen molar-refractivity contribution in [1.82, 2.24) is 9.97 Å². The highest BCUT2D eigenvalue weighted by Crippen LogP contribution is 2.41. The summed E-state index contributed by atoms with van der Waals surface area (Å²) in [6.45, 7) is 0. The predicted molar refractivity (Wildman–Crippen MR) is 184 cm³/mol. The molecule has 2 heterocycles. The fourth-order valence-corrected chi connectivity index (χ4v) is 6.32. The van der Waals surface area contributed by atoms with Crippen LogP contribution in [0, 0.1) is 0 Å². The summed E-state index contributed by atoms with van der Waals surface area (Å²) >= 11 is 0. The summed E-state index contributed by atoms with van der Waals surface area (Å²) in [5.74, 6) is 0. The van der Waals surface area contributed by atoms with Crippen LogP contribution >= 0.6 is 0 Å². The molecule has 0 aliphatic carbocycles. The van der Waals surface area contributed by atoms with E-state index in [0.717, 1.165) is 11.1 Å². The Balaban J connectivity index is 1.21. The molecule has 8 aromatic rings. The van der Waals surface area contributed by atoms with Crippen molar-refractivity contribution >= 4 is 21.5 Å². The number of aromatic nitrogens is 2. The quantitative estimate of drug-likeness (QED) is 0.209. The van der Waals surface area contributed by atoms with E-state index in [1.165, 1.54) is 66.1 Å². The molecule has 0 unspecified atom stereocenters. The molecular weight excluding hydrogens is 532 g/mol. The lowest BCUT2D eigenvalue weighted by Gasteiger charge is -2.16. The zero-order valence-corrected chi connectivity index (χ0v) is 24.1. The van der Waals surface area contributed by atoms with Crippen molar-refractivity contribution in [3.63, 3.8) is 0 Å². The number of rotatable bonds is 5. The van der Waals surface area contributed by atoms with Crippen molar-refractivity contribution in [3.8, 4) is 55.6 Å². The number of pyridine rings is 2. The maximum atomic E-state index is 4.28. The molecule has 2 aromatic heterocycles. The van der Waals surface area contributed by atoms with Crippen molar-refractivity contribution in [1.29, 1.82) is 0 Å². The first-order valence-electron chi connectivity index (χ1n) is 14.9. The molecule has 206 valence electrons. The number of benzene rings is 6. The van der Waals surface area contributed by atoms with E-state index in [1.807, 2.05) is 36.9 Å². The molecule has 44 heavy (non-hydrogen) atoms. The highest BCUT2D eigenvalue weighted by Gasteiger charge is 2.14. The van der Waals surface area contributed by atoms with E-state index in [9.17, 15) is 0 Å². The van der Waals surface area contributed by atoms with Crippen molar-refractivity contribution in [2.45, 2.75) is 0 Å². The minimum atomic E-state index is 1.12. The predicted octanol–water partition coefficient (Wildman–Crippen LogP) is 11.1. The van der Waals surface area contributed by atoms with E-state index < -0.39 is 0 Å². The Labute approximate surface area is 257 Å². The lowest BCUT2D eigenvalue weighted by Crippen LogP contribution is -1.89. The Morgan fingerprint density at radius 2 is 0.591 bits per heavy atom. The molecule has 0 saturated carbocycles. The Morgan fingerprint density at radius 1 is 0.250 bits per heavy atom. The van der Waals surface area contributed by atoms with Gasteiger partial charge in [0, 0.05) is 24.8 Å². The van der Waals surface area contributed by atoms with E-state index in [0.29, 0.717) is 0 Å². The second kappa shape index (κ2) is 11.1. The molecule has 0 saturated heterocycles. The Bertz CT molecular complexity index is 2070. The molecule has 0 aliphatic rings. The SMILES string of the molecule is c1cncc(-c2ccc(-c3ccc(-c4ccc(-c5ccc(-c6cccnc6)cc5)c5ccccc45)c4ccccc34)cc2)c1. The van der Waals surface area contributed by atoms with Gasteiger partial charge in [0.1, 0.15) is 0 Å². The maximum absolute atomic E-state index is 4.28. The molecule has 6 aromatic carbocycles. The topological polar surface area (TPSA) is 25.8 Å². The average Bonchev–Trinajstić information content (AvgIpc) is 3.12. The van der Waals surface area contributed by atoms with Crippen LogP contribution in [0.2, 0.25) is 0 Å². The van der Waals surface area contributed by atoms with Crippen molar-refractivity contribution in [2.24, 2.45) is 0 Å². The van der Waals surface area contributed by atoms with Crippen LogP contribution in [0.3, 0.4) is 0 Å². The number of fused-ring (bicyclic) bond motifs is 2. The maximum Gasteiger partial charge on any atom is 0.0346 e. The molecule has 0 aliphatic heterocycles. The van der Waals surface area contributed by atoms with Gasteiger partial charge >= 0.3 is 0 Å². The summed E-state index contributed by atoms with van der Waals surface area (Å²) < 4.78 is 0. The summed E-state index contributed by atoms with van der Waals surface area (Å²) in [4.78, 5) is 8.56. The average molecular weight is 561 g/mol. The fraction of sp³-hybridized carbons (Fsp3) is 0. The van der Waals surface area contributed by atoms with E-state index >= 15 is 0 Å². The van der Waals surface area contributed by atoms with Gasteiger partial charge in [-0.2, -0.15) is 0 Å². The lowest BCUT2D eigenvalue weighted by atomic mass is 9.87. The molecule has 0 N–H and O–H groups in total. The van der Waals surface area contributed by atoms with Gasteiger partial charge in [-0.15, -0.1) is 0 Å². The van der Waals surface area contributed by atoms with Gasteiger partial charge in [0.15, 0.2) is 0 Å². The lowest BCUT2D eigenvalue weighted by molar-refractivity contribution is 1.33. The van der Waals surface area contributed by atoms with Gasteiger partial charge in [-0.05, 0) is 89.3 Å². The summed E-state index contributed by atoms with van der Waals surface area (Å²) in [7, 11) is 0. The van der Waals surface area contributed by atoms with Crippen LogP contribution in [0.25, 0.3) is 77.2 Å². The van der Waals surface area contributed by atoms with Crippen LogP contribution in [0.5, 0.6) is 0 Å². The van der Waals surface area contributed by atoms with E-state index in [1.54, 1.807) is 0 Å². The molecular formula is C42H28N2. The highest BCUT2D eigenvalue weighted by molar-refractivity contribution is 6.12. The minimum absolute atomic E-state index is 1.12. The summed E-state index contributed by atoms with van der Waals surface area (Å²) in [5.41, 5.74) is 11.9. The van der Waals surface area contributed by atoms with Gasteiger partial charge in [-0.1, -0.05) is 133 Å². The summed E-state index contributed by atoms with van der Waals surface area (Å²) in [6, 6.07) is 52.4. The number of hydrogen-bond acceptors (Lipinski definition) is 2. The third-order valence-electron chi connectivity index (χ3n) is 8.52. The smallest absolute Gasteiger partial charge is 0.0346 e. The summed E-state index contributed by atoms with van der Waals surface area (Å²) in [5, 5.41) is 5.00. The van der Waals surface area contributed by atoms with Crippen LogP contribution in [0.4, 0.5) is 0 Å². The van der Waals surface area contributed by atoms with Gasteiger partial charge in [0.05, 0.1) is 0 Å². The molecule has 0 spiro atoms. The van der Waals surface area contributed by atoms with Crippen LogP contribution in [0.1, 0.15) is 0 Å². The van der Waals surface area contributed by atoms with Crippen molar-refractivity contribution < 1.29 is 0 Å². The van der Waals surface area contributed by atoms with Gasteiger partial charge in [0.2, 0.25) is 0 Å². The molecule has 2 heteroatoms. The zero-order chi connectivity index (χ0) is 29.3. The molecule has 0 bridgehead atoms. The second-order valence-corrected chi connectivity index (χ2v) is 11.1. The largest absolute Gasteiger partial charge is 0.264 e. The third-order valence-corrected chi connectivity index (χ3v) is 8.52. The van der Waals surface area contributed by atoms with Crippen LogP contribution in [0.15, 0.2) is 170 Å². The first-order chi connectivity index (χ1) is 21.8. The Morgan fingerprint density at radius 3 is 0.955 bits per heavy atom. The monoisotopic (exact) mass is 560 g/mol. The fourth-order valence-electron chi connectivity index (χ4n) is 6.32. The van der Waals surface area contributed by atoms with Gasteiger partial charge in [-0.3, -0.25) is 9.97 Å². The van der Waals surface area contributed by atoms with Gasteiger partial charge in [0.25, 0.3) is 0 Å². The molecule has 8 rings (SSSR count). The first-order valence-corrected chi connectivity index (χ1v) is 14.9. The van der Waals surface area contributed by atoms with Crippen molar-refractivity contribution in [2.75, 3.05) is 0 Å². The molecule has 0 fully saturated rings. The number of hydrogen-bond donors (Lipinski definition) is 0. The highest BCUT2D eigenvalue weighted by atomic mass is 14.6. The Hall–Kier alpha value is -5.86. The minimum Gasteiger partial charge on any atom is -0.264 e. The second-order valence-electron chi connectivity index (χ2n) is 11.1. The van der Waals surface area contributed by atoms with Crippen LogP contribution in [-0.4, -0.2) is 9.97 Å². The zero-order valence-electron chi connectivity index (χ0n) is 24.1. The number of nitrogens with zero attached hydrogens (tertiary/aromatic N) is 2. The molecule has 0 amide bonds. The molecule has 2 nitrogen and oxygen atoms in total.